The smallest absolute Gasteiger partial charge is 0.331 e. The molecule has 4 nitrogen and oxygen atoms in total. The molecule has 0 aliphatic carbocycles. The van der Waals surface area contributed by atoms with Crippen LogP contribution in [0, 0.1) is 11.8 Å². The first-order valence-corrected chi connectivity index (χ1v) is 8.21. The Morgan fingerprint density at radius 1 is 1.25 bits per heavy atom. The molecule has 0 spiro atoms. The summed E-state index contributed by atoms with van der Waals surface area (Å²) >= 11 is 1.26. The van der Waals surface area contributed by atoms with Gasteiger partial charge in [0, 0.05) is 6.54 Å². The second-order valence-electron chi connectivity index (χ2n) is 5.36. The minimum atomic E-state index is -0.121. The van der Waals surface area contributed by atoms with Gasteiger partial charge in [0.25, 0.3) is 0 Å². The predicted octanol–water partition coefficient (Wildman–Crippen LogP) is 1.33. The molecule has 2 rings (SSSR count). The van der Waals surface area contributed by atoms with Gasteiger partial charge in [0.2, 0.25) is 5.91 Å². The molecule has 2 heterocycles. The first-order valence-electron chi connectivity index (χ1n) is 7.33. The minimum absolute atomic E-state index is 0.107. The molecule has 0 bridgehead atoms. The van der Waals surface area contributed by atoms with Gasteiger partial charge in [-0.2, -0.15) is 0 Å². The molecule has 0 aromatic rings. The van der Waals surface area contributed by atoms with E-state index >= 15 is 0 Å². The number of thioether (sulfide) groups is 1. The number of piperidine rings is 1. The standard InChI is InChI=1S/C15H22N2O2S/c1-13(18)20-14-7-12-17(15(14)19)11-6-5-10-16-8-3-2-4-9-16/h14H,2-4,7-12H2,1H3/p+1/t14-/m0/s1. The van der Waals surface area contributed by atoms with Crippen molar-refractivity contribution in [3.8, 4) is 11.8 Å². The van der Waals surface area contributed by atoms with Crippen LogP contribution in [0.25, 0.3) is 0 Å². The van der Waals surface area contributed by atoms with E-state index in [-0.39, 0.29) is 16.3 Å². The third kappa shape index (κ3) is 4.53. The fourth-order valence-electron chi connectivity index (χ4n) is 2.62. The van der Waals surface area contributed by atoms with E-state index in [4.69, 9.17) is 0 Å². The van der Waals surface area contributed by atoms with Crippen molar-refractivity contribution in [2.24, 2.45) is 0 Å². The average molecular weight is 295 g/mol. The molecule has 20 heavy (non-hydrogen) atoms. The molecule has 0 radical (unpaired) electrons. The zero-order valence-electron chi connectivity index (χ0n) is 12.1. The minimum Gasteiger partial charge on any atom is -0.331 e. The van der Waals surface area contributed by atoms with Gasteiger partial charge >= 0.3 is 5.12 Å². The van der Waals surface area contributed by atoms with Crippen molar-refractivity contribution in [3.05, 3.63) is 0 Å². The van der Waals surface area contributed by atoms with Gasteiger partial charge < -0.3 is 4.90 Å². The Balaban J connectivity index is 1.72. The summed E-state index contributed by atoms with van der Waals surface area (Å²) in [5.74, 6) is 6.40. The summed E-state index contributed by atoms with van der Waals surface area (Å²) in [6.45, 7) is 6.03. The number of nitrogens with zero attached hydrogens (tertiary/aromatic N) is 2. The summed E-state index contributed by atoms with van der Waals surface area (Å²) in [5, 5.41) is 0.144. The summed E-state index contributed by atoms with van der Waals surface area (Å²) in [4.78, 5) is 25.5. The molecule has 1 N–H and O–H groups in total. The SMILES string of the molecule is CC(=[OH+])S[C@H]1CCN(CC#CCN2CCCCC2)C1=O. The van der Waals surface area contributed by atoms with E-state index in [1.54, 1.807) is 11.8 Å². The number of carbonyl (C=O) groups excluding carboxylic acids is 2. The molecule has 2 aliphatic rings. The Hall–Kier alpha value is -0.990. The highest BCUT2D eigenvalue weighted by Gasteiger charge is 2.33. The van der Waals surface area contributed by atoms with Crippen LogP contribution in [0.15, 0.2) is 0 Å². The topological polar surface area (TPSA) is 45.0 Å². The number of carbonyl (C=O) groups is 1. The summed E-state index contributed by atoms with van der Waals surface area (Å²) in [7, 11) is 0. The summed E-state index contributed by atoms with van der Waals surface area (Å²) in [6, 6.07) is 0. The summed E-state index contributed by atoms with van der Waals surface area (Å²) in [6.07, 6.45) is 4.70. The normalized spacial score (nSPS) is 23.6. The van der Waals surface area contributed by atoms with E-state index in [0.717, 1.165) is 32.6 Å². The van der Waals surface area contributed by atoms with Gasteiger partial charge in [0.1, 0.15) is 0 Å². The van der Waals surface area contributed by atoms with Crippen molar-refractivity contribution in [2.45, 2.75) is 37.9 Å². The maximum Gasteiger partial charge on any atom is 0.348 e. The fraction of sp³-hybridized carbons (Fsp3) is 0.733. The lowest BCUT2D eigenvalue weighted by atomic mass is 10.1. The first kappa shape index (κ1) is 15.4. The highest BCUT2D eigenvalue weighted by molar-refractivity contribution is 8.14. The zero-order valence-corrected chi connectivity index (χ0v) is 12.9. The monoisotopic (exact) mass is 295 g/mol. The second-order valence-corrected chi connectivity index (χ2v) is 6.76. The average Bonchev–Trinajstić information content (AvgIpc) is 2.77. The van der Waals surface area contributed by atoms with Gasteiger partial charge in [-0.1, -0.05) is 18.3 Å². The number of hydrogen-bond acceptors (Lipinski definition) is 3. The van der Waals surface area contributed by atoms with E-state index < -0.39 is 0 Å². The Kier molecular flexibility index (Phi) is 5.93. The van der Waals surface area contributed by atoms with Crippen LogP contribution in [-0.4, -0.2) is 63.6 Å². The van der Waals surface area contributed by atoms with Crippen LogP contribution in [0.2, 0.25) is 0 Å². The van der Waals surface area contributed by atoms with Crippen LogP contribution in [0.3, 0.4) is 0 Å². The van der Waals surface area contributed by atoms with Crippen LogP contribution >= 0.6 is 11.8 Å². The lowest BCUT2D eigenvalue weighted by Gasteiger charge is -2.23. The van der Waals surface area contributed by atoms with Crippen molar-refractivity contribution in [3.63, 3.8) is 0 Å². The lowest BCUT2D eigenvalue weighted by Crippen LogP contribution is -2.30. The fourth-order valence-corrected chi connectivity index (χ4v) is 3.50. The van der Waals surface area contributed by atoms with Gasteiger partial charge in [-0.3, -0.25) is 14.5 Å². The van der Waals surface area contributed by atoms with E-state index in [0.29, 0.717) is 6.54 Å². The second kappa shape index (κ2) is 7.70. The van der Waals surface area contributed by atoms with Gasteiger partial charge in [-0.15, -0.1) is 0 Å². The van der Waals surface area contributed by atoms with Gasteiger partial charge in [0.15, 0.2) is 0 Å². The predicted molar refractivity (Wildman–Crippen MR) is 83.3 cm³/mol. The van der Waals surface area contributed by atoms with Crippen LogP contribution in [0.4, 0.5) is 0 Å². The zero-order chi connectivity index (χ0) is 14.4. The molecular weight excluding hydrogens is 272 g/mol. The van der Waals surface area contributed by atoms with Crippen molar-refractivity contribution in [2.75, 3.05) is 32.7 Å². The molecule has 0 aromatic carbocycles. The molecule has 2 saturated heterocycles. The van der Waals surface area contributed by atoms with E-state index in [1.807, 2.05) is 0 Å². The molecule has 2 aliphatic heterocycles. The molecule has 0 unspecified atom stereocenters. The lowest BCUT2D eigenvalue weighted by molar-refractivity contribution is -0.126. The van der Waals surface area contributed by atoms with Gasteiger partial charge in [0.05, 0.1) is 25.3 Å². The quantitative estimate of drug-likeness (QED) is 0.583. The maximum atomic E-state index is 12.0. The highest BCUT2D eigenvalue weighted by Crippen LogP contribution is 2.23. The third-order valence-corrected chi connectivity index (χ3v) is 4.77. The van der Waals surface area contributed by atoms with Crippen LogP contribution < -0.4 is 0 Å². The van der Waals surface area contributed by atoms with E-state index in [1.165, 1.54) is 31.0 Å². The molecule has 110 valence electrons. The van der Waals surface area contributed by atoms with E-state index in [9.17, 15) is 9.59 Å². The molecule has 0 saturated carbocycles. The Morgan fingerprint density at radius 2 is 1.95 bits per heavy atom. The highest BCUT2D eigenvalue weighted by atomic mass is 32.2. The van der Waals surface area contributed by atoms with Gasteiger partial charge in [-0.25, -0.2) is 0 Å². The first-order chi connectivity index (χ1) is 9.66. The van der Waals surface area contributed by atoms with Crippen LogP contribution in [0.1, 0.15) is 32.6 Å². The maximum absolute atomic E-state index is 12.0. The molecule has 0 aromatic heterocycles. The summed E-state index contributed by atoms with van der Waals surface area (Å²) < 4.78 is 0. The number of amides is 1. The van der Waals surface area contributed by atoms with Crippen LogP contribution in [0.5, 0.6) is 0 Å². The Bertz CT molecular complexity index is 421. The Labute approximate surface area is 125 Å². The largest absolute Gasteiger partial charge is 0.348 e. The molecular formula is C15H23N2O2S+. The molecule has 1 atom stereocenters. The number of rotatable bonds is 3. The Morgan fingerprint density at radius 3 is 2.65 bits per heavy atom. The van der Waals surface area contributed by atoms with Crippen molar-refractivity contribution in [1.29, 1.82) is 0 Å². The van der Waals surface area contributed by atoms with Crippen molar-refractivity contribution in [1.82, 2.24) is 9.80 Å². The van der Waals surface area contributed by atoms with Crippen LogP contribution in [-0.2, 0) is 4.79 Å². The van der Waals surface area contributed by atoms with Crippen molar-refractivity contribution < 1.29 is 9.59 Å². The number of hydrogen-bond donors (Lipinski definition) is 0. The summed E-state index contributed by atoms with van der Waals surface area (Å²) in [5.41, 5.74) is 0. The van der Waals surface area contributed by atoms with Gasteiger partial charge in [-0.05, 0) is 44.1 Å². The molecule has 1 amide bonds. The molecule has 2 fully saturated rings. The van der Waals surface area contributed by atoms with E-state index in [2.05, 4.69) is 16.7 Å². The van der Waals surface area contributed by atoms with Crippen molar-refractivity contribution >= 4 is 22.8 Å². The number of likely N-dealkylation sites (tertiary alicyclic amines) is 2. The molecule has 5 heteroatoms. The third-order valence-electron chi connectivity index (χ3n) is 3.71.